The van der Waals surface area contributed by atoms with Crippen molar-refractivity contribution in [2.45, 2.75) is 98.8 Å². The molecule has 0 spiro atoms. The Kier molecular flexibility index (Phi) is 29.7. The quantitative estimate of drug-likeness (QED) is 0.187. The van der Waals surface area contributed by atoms with E-state index in [1.54, 1.807) is 0 Å². The van der Waals surface area contributed by atoms with Crippen LogP contribution in [0, 0.1) is 12.0 Å². The van der Waals surface area contributed by atoms with Crippen LogP contribution in [0.25, 0.3) is 5.73 Å². The van der Waals surface area contributed by atoms with Gasteiger partial charge in [-0.1, -0.05) is 156 Å². The Morgan fingerprint density at radius 1 is 0.769 bits per heavy atom. The van der Waals surface area contributed by atoms with Crippen molar-refractivity contribution in [1.82, 2.24) is 0 Å². The third kappa shape index (κ3) is 21.5. The third-order valence-corrected chi connectivity index (χ3v) is 8.11. The summed E-state index contributed by atoms with van der Waals surface area (Å²) >= 11 is 0. The molecular formula is C33H48Cl2HfNOSi. The van der Waals surface area contributed by atoms with Crippen molar-refractivity contribution in [3.8, 4) is 0 Å². The molecule has 0 heterocycles. The number of rotatable bonds is 12. The maximum atomic E-state index is 10.3. The maximum absolute atomic E-state index is 10.3. The largest absolute Gasteiger partial charge is 4.00 e. The van der Waals surface area contributed by atoms with Gasteiger partial charge in [-0.05, 0) is 12.8 Å². The molecule has 1 aliphatic carbocycles. The fourth-order valence-electron chi connectivity index (χ4n) is 4.05. The molecule has 0 aromatic heterocycles. The van der Waals surface area contributed by atoms with E-state index in [1.165, 1.54) is 72.0 Å². The average molecular weight is 752 g/mol. The molecule has 2 aromatic carbocycles. The van der Waals surface area contributed by atoms with Gasteiger partial charge in [0.15, 0.2) is 0 Å². The fraction of sp³-hybridized carbons (Fsp3) is 0.485. The van der Waals surface area contributed by atoms with E-state index in [0.29, 0.717) is 12.3 Å². The summed E-state index contributed by atoms with van der Waals surface area (Å²) < 4.78 is 0. The second kappa shape index (κ2) is 27.2. The van der Waals surface area contributed by atoms with Gasteiger partial charge in [-0.3, -0.25) is 6.08 Å². The van der Waals surface area contributed by atoms with Crippen LogP contribution in [-0.4, -0.2) is 15.4 Å². The summed E-state index contributed by atoms with van der Waals surface area (Å²) in [6.45, 7) is 10.9. The van der Waals surface area contributed by atoms with Crippen LogP contribution in [0.4, 0.5) is 0 Å². The van der Waals surface area contributed by atoms with Gasteiger partial charge in [0.05, 0.1) is 0 Å². The van der Waals surface area contributed by atoms with Crippen molar-refractivity contribution in [2.24, 2.45) is 5.92 Å². The first kappa shape index (κ1) is 42.5. The summed E-state index contributed by atoms with van der Waals surface area (Å²) in [4.78, 5) is 10.3. The van der Waals surface area contributed by atoms with Gasteiger partial charge >= 0.3 is 25.8 Å². The van der Waals surface area contributed by atoms with Crippen LogP contribution < -0.4 is 35.2 Å². The molecule has 39 heavy (non-hydrogen) atoms. The van der Waals surface area contributed by atoms with Crippen LogP contribution in [0.5, 0.6) is 0 Å². The Morgan fingerprint density at radius 2 is 1.18 bits per heavy atom. The molecule has 0 fully saturated rings. The molecule has 0 bridgehead atoms. The van der Waals surface area contributed by atoms with Gasteiger partial charge in [0.1, 0.15) is 9.52 Å². The molecule has 0 saturated heterocycles. The van der Waals surface area contributed by atoms with Gasteiger partial charge < -0.3 is 35.3 Å². The molecule has 0 aliphatic heterocycles. The molecule has 1 radical (unpaired) electrons. The Labute approximate surface area is 273 Å². The third-order valence-electron chi connectivity index (χ3n) is 6.68. The first-order chi connectivity index (χ1) is 17.3. The van der Waals surface area contributed by atoms with E-state index in [0.717, 1.165) is 12.8 Å². The van der Waals surface area contributed by atoms with Crippen LogP contribution in [-0.2, 0) is 30.6 Å². The molecule has 1 aliphatic rings. The Morgan fingerprint density at radius 3 is 1.49 bits per heavy atom. The second-order valence-corrected chi connectivity index (χ2v) is 11.4. The zero-order valence-corrected chi connectivity index (χ0v) is 30.9. The minimum absolute atomic E-state index is 0. The molecule has 3 rings (SSSR count). The van der Waals surface area contributed by atoms with E-state index >= 15 is 0 Å². The van der Waals surface area contributed by atoms with Crippen molar-refractivity contribution in [2.75, 3.05) is 0 Å². The molecule has 1 N–H and O–H groups in total. The Balaban J connectivity index is -0.000000489. The van der Waals surface area contributed by atoms with Gasteiger partial charge in [-0.2, -0.15) is 11.1 Å². The van der Waals surface area contributed by atoms with Gasteiger partial charge in [0, 0.05) is 5.91 Å². The van der Waals surface area contributed by atoms with Crippen LogP contribution >= 0.6 is 0 Å². The van der Waals surface area contributed by atoms with Crippen molar-refractivity contribution in [3.05, 3.63) is 89.2 Å². The number of benzene rings is 2. The zero-order valence-electron chi connectivity index (χ0n) is 24.7. The Bertz CT molecular complexity index is 882. The van der Waals surface area contributed by atoms with E-state index in [1.807, 2.05) is 0 Å². The molecule has 6 heteroatoms. The first-order valence-corrected chi connectivity index (χ1v) is 15.0. The van der Waals surface area contributed by atoms with E-state index in [2.05, 4.69) is 101 Å². The normalized spacial score (nSPS) is 13.3. The molecule has 2 aromatic rings. The predicted octanol–water partition coefficient (Wildman–Crippen LogP) is 2.29. The van der Waals surface area contributed by atoms with Crippen LogP contribution in [0.2, 0.25) is 0 Å². The number of hydrogen-bond donors (Lipinski definition) is 0. The molecule has 1 amide bonds. The SMILES string of the molecule is CC1=[C-]C(C)C(C)=C1C.CCCCCCCCCCCC([NH-])=O.[Cl-].[Cl-].[Hf+4].c1ccc([SiH]c2ccccc2)cc1. The number of nitrogens with one attached hydrogen (secondary N) is 1. The molecule has 1 atom stereocenters. The van der Waals surface area contributed by atoms with Crippen molar-refractivity contribution in [1.29, 1.82) is 0 Å². The monoisotopic (exact) mass is 752 g/mol. The van der Waals surface area contributed by atoms with E-state index < -0.39 is 5.91 Å². The predicted molar refractivity (Wildman–Crippen MR) is 160 cm³/mol. The number of amides is 1. The minimum atomic E-state index is -0.409. The smallest absolute Gasteiger partial charge is 1.00 e. The number of unbranched alkanes of at least 4 members (excludes halogenated alkanes) is 8. The van der Waals surface area contributed by atoms with Crippen LogP contribution in [0.15, 0.2) is 77.4 Å². The number of hydrogen-bond acceptors (Lipinski definition) is 1. The van der Waals surface area contributed by atoms with Gasteiger partial charge in [-0.15, -0.1) is 6.92 Å². The average Bonchev–Trinajstić information content (AvgIpc) is 3.10. The molecule has 2 nitrogen and oxygen atoms in total. The summed E-state index contributed by atoms with van der Waals surface area (Å²) in [6.07, 6.45) is 15.2. The van der Waals surface area contributed by atoms with E-state index in [9.17, 15) is 4.79 Å². The van der Waals surface area contributed by atoms with Gasteiger partial charge in [0.2, 0.25) is 0 Å². The molecule has 213 valence electrons. The standard InChI is InChI=1S/C12H25NO.C12H11Si.C9H13.2ClH.Hf/c1-2-3-4-5-6-7-8-9-10-11-12(13)14;1-3-7-11(8-4-1)13-12-9-5-2-6-10-12;1-6-5-7(2)9(4)8(6)3;;;/h2-11H2,1H3,(H2,13,14);1-10,13H;6H,1-4H3;2*1H;/q;;-1;;;+4/p-3. The van der Waals surface area contributed by atoms with Crippen molar-refractivity contribution < 1.29 is 55.5 Å². The fourth-order valence-corrected chi connectivity index (χ4v) is 5.26. The summed E-state index contributed by atoms with van der Waals surface area (Å²) in [5.74, 6) is 0.151. The molecule has 1 unspecified atom stereocenters. The minimum Gasteiger partial charge on any atom is -1.00 e. The van der Waals surface area contributed by atoms with Crippen molar-refractivity contribution >= 4 is 25.8 Å². The summed E-state index contributed by atoms with van der Waals surface area (Å²) in [5, 5.41) is 2.90. The zero-order chi connectivity index (χ0) is 26.6. The number of halogens is 2. The summed E-state index contributed by atoms with van der Waals surface area (Å²) in [7, 11) is 0.271. The van der Waals surface area contributed by atoms with Crippen LogP contribution in [0.3, 0.4) is 0 Å². The topological polar surface area (TPSA) is 40.9 Å². The van der Waals surface area contributed by atoms with E-state index in [-0.39, 0.29) is 60.2 Å². The van der Waals surface area contributed by atoms with Crippen molar-refractivity contribution in [3.63, 3.8) is 0 Å². The first-order valence-electron chi connectivity index (χ1n) is 13.8. The molecule has 0 saturated carbocycles. The van der Waals surface area contributed by atoms with Gasteiger partial charge in [-0.25, -0.2) is 5.57 Å². The summed E-state index contributed by atoms with van der Waals surface area (Å²) in [6, 6.07) is 21.3. The Hall–Kier alpha value is -0.943. The van der Waals surface area contributed by atoms with Gasteiger partial charge in [0.25, 0.3) is 0 Å². The number of allylic oxidation sites excluding steroid dienone is 4. The van der Waals surface area contributed by atoms with E-state index in [4.69, 9.17) is 5.73 Å². The second-order valence-electron chi connectivity index (χ2n) is 9.77. The number of carbonyl (C=O) groups is 1. The number of carbonyl (C=O) groups excluding carboxylic acids is 1. The molecular weight excluding hydrogens is 704 g/mol. The maximum Gasteiger partial charge on any atom is 4.00 e. The summed E-state index contributed by atoms with van der Waals surface area (Å²) in [5.41, 5.74) is 11.0. The van der Waals surface area contributed by atoms with Crippen LogP contribution in [0.1, 0.15) is 98.8 Å².